The van der Waals surface area contributed by atoms with E-state index in [0.29, 0.717) is 19.3 Å². The molecule has 0 N–H and O–H groups in total. The first-order chi connectivity index (χ1) is 32.0. The molecule has 0 radical (unpaired) electrons. The van der Waals surface area contributed by atoms with Crippen LogP contribution in [0.3, 0.4) is 0 Å². The van der Waals surface area contributed by atoms with Crippen LogP contribution in [-0.2, 0) is 28.6 Å². The van der Waals surface area contributed by atoms with Crippen molar-refractivity contribution in [2.75, 3.05) is 13.2 Å². The van der Waals surface area contributed by atoms with Gasteiger partial charge in [0.15, 0.2) is 6.10 Å². The molecule has 0 aromatic carbocycles. The van der Waals surface area contributed by atoms with Crippen LogP contribution < -0.4 is 0 Å². The molecule has 0 aliphatic carbocycles. The third-order valence-corrected chi connectivity index (χ3v) is 12.1. The molecule has 0 fully saturated rings. The van der Waals surface area contributed by atoms with Gasteiger partial charge in [-0.2, -0.15) is 0 Å². The van der Waals surface area contributed by atoms with Crippen LogP contribution in [0.4, 0.5) is 0 Å². The first-order valence-electron chi connectivity index (χ1n) is 27.8. The molecule has 376 valence electrons. The molecular formula is C59H104O6. The summed E-state index contributed by atoms with van der Waals surface area (Å²) in [4.78, 5) is 38.1. The second-order valence-corrected chi connectivity index (χ2v) is 18.6. The van der Waals surface area contributed by atoms with Crippen molar-refractivity contribution in [2.45, 2.75) is 284 Å². The van der Waals surface area contributed by atoms with Crippen molar-refractivity contribution in [3.63, 3.8) is 0 Å². The first kappa shape index (κ1) is 62.1. The van der Waals surface area contributed by atoms with E-state index in [-0.39, 0.29) is 31.1 Å². The maximum Gasteiger partial charge on any atom is 0.306 e. The van der Waals surface area contributed by atoms with Gasteiger partial charge >= 0.3 is 17.9 Å². The molecule has 0 rings (SSSR count). The summed E-state index contributed by atoms with van der Waals surface area (Å²) in [6.45, 7) is 6.50. The fourth-order valence-corrected chi connectivity index (χ4v) is 7.90. The number of allylic oxidation sites excluding steroid dienone is 10. The zero-order valence-electron chi connectivity index (χ0n) is 43.0. The second kappa shape index (κ2) is 53.7. The molecule has 0 aromatic rings. The second-order valence-electron chi connectivity index (χ2n) is 18.6. The van der Waals surface area contributed by atoms with E-state index in [9.17, 15) is 14.4 Å². The number of esters is 3. The fraction of sp³-hybridized carbons (Fsp3) is 0.780. The molecule has 0 saturated carbocycles. The Kier molecular flexibility index (Phi) is 51.3. The summed E-state index contributed by atoms with van der Waals surface area (Å²) in [5.74, 6) is -0.914. The van der Waals surface area contributed by atoms with Crippen LogP contribution in [0.2, 0.25) is 0 Å². The van der Waals surface area contributed by atoms with Gasteiger partial charge in [-0.1, -0.05) is 255 Å². The van der Waals surface area contributed by atoms with E-state index in [2.05, 4.69) is 81.5 Å². The van der Waals surface area contributed by atoms with Crippen LogP contribution in [0.1, 0.15) is 278 Å². The molecule has 0 spiro atoms. The fourth-order valence-electron chi connectivity index (χ4n) is 7.90. The monoisotopic (exact) mass is 909 g/mol. The Balaban J connectivity index is 4.42. The summed E-state index contributed by atoms with van der Waals surface area (Å²) in [7, 11) is 0. The molecule has 6 heteroatoms. The average molecular weight is 909 g/mol. The lowest BCUT2D eigenvalue weighted by atomic mass is 10.0. The highest BCUT2D eigenvalue weighted by molar-refractivity contribution is 5.71. The van der Waals surface area contributed by atoms with Crippen molar-refractivity contribution in [2.24, 2.45) is 0 Å². The third-order valence-electron chi connectivity index (χ3n) is 12.1. The molecule has 0 heterocycles. The predicted octanol–water partition coefficient (Wildman–Crippen LogP) is 18.4. The van der Waals surface area contributed by atoms with Gasteiger partial charge in [-0.3, -0.25) is 14.4 Å². The number of carbonyl (C=O) groups is 3. The number of hydrogen-bond donors (Lipinski definition) is 0. The smallest absolute Gasteiger partial charge is 0.306 e. The quantitative estimate of drug-likeness (QED) is 0.0262. The molecular weight excluding hydrogens is 805 g/mol. The van der Waals surface area contributed by atoms with Gasteiger partial charge in [0.2, 0.25) is 0 Å². The van der Waals surface area contributed by atoms with Crippen molar-refractivity contribution in [1.82, 2.24) is 0 Å². The lowest BCUT2D eigenvalue weighted by molar-refractivity contribution is -0.167. The molecule has 0 bridgehead atoms. The molecule has 65 heavy (non-hydrogen) atoms. The number of ether oxygens (including phenoxy) is 3. The number of carbonyl (C=O) groups excluding carboxylic acids is 3. The minimum Gasteiger partial charge on any atom is -0.462 e. The van der Waals surface area contributed by atoms with Crippen LogP contribution >= 0.6 is 0 Å². The molecule has 0 aliphatic heterocycles. The summed E-state index contributed by atoms with van der Waals surface area (Å²) in [5.41, 5.74) is 0. The van der Waals surface area contributed by atoms with E-state index in [1.165, 1.54) is 154 Å². The normalized spacial score (nSPS) is 12.5. The van der Waals surface area contributed by atoms with Gasteiger partial charge in [0.25, 0.3) is 0 Å². The van der Waals surface area contributed by atoms with Gasteiger partial charge in [0.1, 0.15) is 13.2 Å². The number of unbranched alkanes of at least 4 members (excludes halogenated alkanes) is 32. The Hall–Kier alpha value is -2.89. The van der Waals surface area contributed by atoms with Crippen LogP contribution in [0.5, 0.6) is 0 Å². The summed E-state index contributed by atoms with van der Waals surface area (Å²) in [5, 5.41) is 0. The summed E-state index contributed by atoms with van der Waals surface area (Å²) in [6.07, 6.45) is 66.3. The van der Waals surface area contributed by atoms with Crippen molar-refractivity contribution < 1.29 is 28.6 Å². The van der Waals surface area contributed by atoms with E-state index in [1.54, 1.807) is 0 Å². The highest BCUT2D eigenvalue weighted by atomic mass is 16.6. The van der Waals surface area contributed by atoms with Crippen LogP contribution in [-0.4, -0.2) is 37.2 Å². The highest BCUT2D eigenvalue weighted by Gasteiger charge is 2.19. The van der Waals surface area contributed by atoms with E-state index < -0.39 is 6.10 Å². The van der Waals surface area contributed by atoms with Crippen molar-refractivity contribution in [1.29, 1.82) is 0 Å². The largest absolute Gasteiger partial charge is 0.462 e. The molecule has 1 atom stereocenters. The van der Waals surface area contributed by atoms with Crippen LogP contribution in [0.15, 0.2) is 60.8 Å². The first-order valence-corrected chi connectivity index (χ1v) is 27.8. The Morgan fingerprint density at radius 3 is 0.954 bits per heavy atom. The topological polar surface area (TPSA) is 78.9 Å². The maximum absolute atomic E-state index is 12.8. The number of rotatable bonds is 50. The zero-order chi connectivity index (χ0) is 47.2. The zero-order valence-corrected chi connectivity index (χ0v) is 43.0. The minimum absolute atomic E-state index is 0.0870. The SMILES string of the molecule is CC\C=C/C=C\C=C/CCCCCCCCCC(=O)OCC(COC(=O)CCCCC/C=C\C=C/CCCCCCCCC)OC(=O)CCCCCCCCCCCCCCCCCC. The van der Waals surface area contributed by atoms with E-state index in [1.807, 2.05) is 0 Å². The van der Waals surface area contributed by atoms with E-state index >= 15 is 0 Å². The molecule has 0 aliphatic rings. The van der Waals surface area contributed by atoms with Crippen molar-refractivity contribution in [3.05, 3.63) is 60.8 Å². The summed E-state index contributed by atoms with van der Waals surface area (Å²) in [6, 6.07) is 0. The van der Waals surface area contributed by atoms with Gasteiger partial charge in [-0.15, -0.1) is 0 Å². The predicted molar refractivity (Wildman–Crippen MR) is 279 cm³/mol. The van der Waals surface area contributed by atoms with E-state index in [0.717, 1.165) is 83.5 Å². The van der Waals surface area contributed by atoms with Gasteiger partial charge in [-0.25, -0.2) is 0 Å². The molecule has 0 aromatic heterocycles. The van der Waals surface area contributed by atoms with Gasteiger partial charge < -0.3 is 14.2 Å². The Labute approximate surface area is 402 Å². The minimum atomic E-state index is -0.788. The van der Waals surface area contributed by atoms with E-state index in [4.69, 9.17) is 14.2 Å². The van der Waals surface area contributed by atoms with Crippen molar-refractivity contribution in [3.8, 4) is 0 Å². The lowest BCUT2D eigenvalue weighted by Gasteiger charge is -2.18. The van der Waals surface area contributed by atoms with Gasteiger partial charge in [0.05, 0.1) is 0 Å². The Morgan fingerprint density at radius 2 is 0.600 bits per heavy atom. The van der Waals surface area contributed by atoms with Crippen molar-refractivity contribution >= 4 is 17.9 Å². The number of hydrogen-bond acceptors (Lipinski definition) is 6. The van der Waals surface area contributed by atoms with Crippen LogP contribution in [0.25, 0.3) is 0 Å². The van der Waals surface area contributed by atoms with Gasteiger partial charge in [0, 0.05) is 19.3 Å². The van der Waals surface area contributed by atoms with Gasteiger partial charge in [-0.05, 0) is 64.2 Å². The Morgan fingerprint density at radius 1 is 0.323 bits per heavy atom. The van der Waals surface area contributed by atoms with Crippen LogP contribution in [0, 0.1) is 0 Å². The Bertz CT molecular complexity index is 1180. The summed E-state index contributed by atoms with van der Waals surface area (Å²) < 4.78 is 16.8. The third kappa shape index (κ3) is 51.9. The molecule has 0 amide bonds. The highest BCUT2D eigenvalue weighted by Crippen LogP contribution is 2.16. The maximum atomic E-state index is 12.8. The summed E-state index contributed by atoms with van der Waals surface area (Å²) >= 11 is 0. The molecule has 0 saturated heterocycles. The lowest BCUT2D eigenvalue weighted by Crippen LogP contribution is -2.30. The molecule has 6 nitrogen and oxygen atoms in total. The molecule has 1 unspecified atom stereocenters. The average Bonchev–Trinajstić information content (AvgIpc) is 3.30. The standard InChI is InChI=1S/C59H104O6/c1-4-7-10-13-16-19-22-25-28-31-34-37-40-43-46-49-52-58(61)64-55-56(54-63-57(60)51-48-45-42-39-36-33-30-27-24-21-18-15-12-9-6-3)65-59(62)53-50-47-44-41-38-35-32-29-26-23-20-17-14-11-8-5-2/h9,12,15,18,21,24,28,31,34,37,56H,4-8,10-11,13-14,16-17,19-20,22-23,25-27,29-30,32-33,35-36,38-55H2,1-3H3/b12-9-,18-15-,24-21-,31-28-,37-34-.